The van der Waals surface area contributed by atoms with Gasteiger partial charge in [-0.25, -0.2) is 0 Å². The summed E-state index contributed by atoms with van der Waals surface area (Å²) in [6.45, 7) is 5.17. The third kappa shape index (κ3) is 1.85. The van der Waals surface area contributed by atoms with E-state index in [4.69, 9.17) is 0 Å². The van der Waals surface area contributed by atoms with Gasteiger partial charge in [0, 0.05) is 13.1 Å². The maximum Gasteiger partial charge on any atom is 0.239 e. The van der Waals surface area contributed by atoms with Crippen molar-refractivity contribution in [1.82, 2.24) is 10.2 Å². The monoisotopic (exact) mass is 182 g/mol. The average molecular weight is 182 g/mol. The minimum Gasteiger partial charge on any atom is -0.341 e. The summed E-state index contributed by atoms with van der Waals surface area (Å²) in [5, 5.41) is 3.26. The Morgan fingerprint density at radius 1 is 1.46 bits per heavy atom. The number of nitrogens with one attached hydrogen (secondary N) is 1. The lowest BCUT2D eigenvalue weighted by atomic mass is 10.2. The highest BCUT2D eigenvalue weighted by Gasteiger charge is 2.30. The molecule has 2 fully saturated rings. The maximum absolute atomic E-state index is 11.9. The Morgan fingerprint density at radius 2 is 2.31 bits per heavy atom. The number of nitrogens with zero attached hydrogens (tertiary/aromatic N) is 1. The number of hydrogen-bond acceptors (Lipinski definition) is 2. The number of carbonyl (C=O) groups is 1. The summed E-state index contributed by atoms with van der Waals surface area (Å²) in [4.78, 5) is 13.9. The van der Waals surface area contributed by atoms with Crippen LogP contribution in [0.3, 0.4) is 0 Å². The Bertz CT molecular complexity index is 199. The zero-order chi connectivity index (χ0) is 9.26. The van der Waals surface area contributed by atoms with E-state index in [1.165, 1.54) is 6.42 Å². The zero-order valence-electron chi connectivity index (χ0n) is 8.25. The molecule has 3 heteroatoms. The topological polar surface area (TPSA) is 32.3 Å². The van der Waals surface area contributed by atoms with Gasteiger partial charge in [-0.15, -0.1) is 0 Å². The molecule has 2 heterocycles. The van der Waals surface area contributed by atoms with Crippen LogP contribution < -0.4 is 5.32 Å². The van der Waals surface area contributed by atoms with Crippen molar-refractivity contribution in [1.29, 1.82) is 0 Å². The Balaban J connectivity index is 1.89. The molecule has 1 N–H and O–H groups in total. The van der Waals surface area contributed by atoms with Gasteiger partial charge in [0.15, 0.2) is 0 Å². The lowest BCUT2D eigenvalue weighted by molar-refractivity contribution is -0.132. The zero-order valence-corrected chi connectivity index (χ0v) is 8.25. The van der Waals surface area contributed by atoms with Crippen LogP contribution in [-0.4, -0.2) is 36.5 Å². The van der Waals surface area contributed by atoms with E-state index in [0.29, 0.717) is 11.8 Å². The average Bonchev–Trinajstić information content (AvgIpc) is 2.72. The van der Waals surface area contributed by atoms with Gasteiger partial charge >= 0.3 is 0 Å². The summed E-state index contributed by atoms with van der Waals surface area (Å²) in [6, 6.07) is 0.130. The highest BCUT2D eigenvalue weighted by molar-refractivity contribution is 5.82. The van der Waals surface area contributed by atoms with E-state index >= 15 is 0 Å². The predicted octanol–water partition coefficient (Wildman–Crippen LogP) is 0.607. The fourth-order valence-electron chi connectivity index (χ4n) is 2.25. The van der Waals surface area contributed by atoms with Crippen molar-refractivity contribution < 1.29 is 4.79 Å². The molecule has 74 valence electrons. The van der Waals surface area contributed by atoms with Crippen LogP contribution in [-0.2, 0) is 4.79 Å². The van der Waals surface area contributed by atoms with E-state index in [0.717, 1.165) is 32.5 Å². The second-order valence-corrected chi connectivity index (χ2v) is 4.33. The number of hydrogen-bond donors (Lipinski definition) is 1. The fourth-order valence-corrected chi connectivity index (χ4v) is 2.25. The molecule has 2 rings (SSSR count). The Morgan fingerprint density at radius 3 is 2.85 bits per heavy atom. The van der Waals surface area contributed by atoms with E-state index in [2.05, 4.69) is 12.2 Å². The first-order chi connectivity index (χ1) is 6.27. The lowest BCUT2D eigenvalue weighted by Gasteiger charge is -2.20. The Labute approximate surface area is 79.5 Å². The molecule has 0 aliphatic carbocycles. The molecule has 1 unspecified atom stereocenters. The highest BCUT2D eigenvalue weighted by Crippen LogP contribution is 2.18. The quantitative estimate of drug-likeness (QED) is 0.644. The van der Waals surface area contributed by atoms with Crippen molar-refractivity contribution in [3.8, 4) is 0 Å². The van der Waals surface area contributed by atoms with Crippen molar-refractivity contribution >= 4 is 5.91 Å². The smallest absolute Gasteiger partial charge is 0.239 e. The van der Waals surface area contributed by atoms with Crippen molar-refractivity contribution in [2.75, 3.05) is 19.6 Å². The maximum atomic E-state index is 11.9. The van der Waals surface area contributed by atoms with Gasteiger partial charge in [-0.3, -0.25) is 4.79 Å². The fraction of sp³-hybridized carbons (Fsp3) is 0.900. The van der Waals surface area contributed by atoms with E-state index in [-0.39, 0.29) is 6.04 Å². The van der Waals surface area contributed by atoms with Crippen molar-refractivity contribution in [3.05, 3.63) is 0 Å². The molecule has 0 saturated carbocycles. The molecule has 2 aliphatic heterocycles. The van der Waals surface area contributed by atoms with Gasteiger partial charge in [0.1, 0.15) is 0 Å². The molecule has 2 atom stereocenters. The summed E-state index contributed by atoms with van der Waals surface area (Å²) in [5.41, 5.74) is 0. The first-order valence-electron chi connectivity index (χ1n) is 5.29. The largest absolute Gasteiger partial charge is 0.341 e. The summed E-state index contributed by atoms with van der Waals surface area (Å²) >= 11 is 0. The second-order valence-electron chi connectivity index (χ2n) is 4.33. The molecule has 2 aliphatic rings. The molecule has 0 aromatic carbocycles. The van der Waals surface area contributed by atoms with Gasteiger partial charge in [0.25, 0.3) is 0 Å². The van der Waals surface area contributed by atoms with Crippen LogP contribution in [0.25, 0.3) is 0 Å². The second kappa shape index (κ2) is 3.66. The highest BCUT2D eigenvalue weighted by atomic mass is 16.2. The van der Waals surface area contributed by atoms with Crippen LogP contribution in [0.15, 0.2) is 0 Å². The number of likely N-dealkylation sites (tertiary alicyclic amines) is 1. The standard InChI is InChI=1S/C10H18N2O/c1-8-4-6-12(7-8)10(13)9-3-2-5-11-9/h8-9,11H,2-7H2,1H3/t8?,9-/m0/s1. The van der Waals surface area contributed by atoms with E-state index in [9.17, 15) is 4.79 Å². The first kappa shape index (κ1) is 9.00. The van der Waals surface area contributed by atoms with Crippen LogP contribution in [0, 0.1) is 5.92 Å². The van der Waals surface area contributed by atoms with Gasteiger partial charge in [-0.1, -0.05) is 6.92 Å². The van der Waals surface area contributed by atoms with Gasteiger partial charge in [-0.05, 0) is 31.7 Å². The van der Waals surface area contributed by atoms with Crippen LogP contribution in [0.5, 0.6) is 0 Å². The van der Waals surface area contributed by atoms with Crippen LogP contribution in [0.4, 0.5) is 0 Å². The molecule has 0 aromatic rings. The van der Waals surface area contributed by atoms with Crippen molar-refractivity contribution in [3.63, 3.8) is 0 Å². The summed E-state index contributed by atoms with van der Waals surface area (Å²) in [5.74, 6) is 1.03. The predicted molar refractivity (Wildman–Crippen MR) is 51.4 cm³/mol. The molecular weight excluding hydrogens is 164 g/mol. The van der Waals surface area contributed by atoms with Crippen molar-refractivity contribution in [2.45, 2.75) is 32.2 Å². The molecule has 13 heavy (non-hydrogen) atoms. The van der Waals surface area contributed by atoms with Gasteiger partial charge in [0.2, 0.25) is 5.91 Å². The minimum absolute atomic E-state index is 0.130. The molecule has 1 amide bonds. The van der Waals surface area contributed by atoms with Crippen LogP contribution in [0.2, 0.25) is 0 Å². The SMILES string of the molecule is CC1CCN(C(=O)[C@@H]2CCCN2)C1. The molecule has 2 saturated heterocycles. The van der Waals surface area contributed by atoms with Crippen molar-refractivity contribution in [2.24, 2.45) is 5.92 Å². The summed E-state index contributed by atoms with van der Waals surface area (Å²) in [6.07, 6.45) is 3.36. The summed E-state index contributed by atoms with van der Waals surface area (Å²) < 4.78 is 0. The molecule has 0 radical (unpaired) electrons. The Hall–Kier alpha value is -0.570. The van der Waals surface area contributed by atoms with Crippen LogP contribution >= 0.6 is 0 Å². The normalized spacial score (nSPS) is 34.1. The van der Waals surface area contributed by atoms with Gasteiger partial charge in [-0.2, -0.15) is 0 Å². The lowest BCUT2D eigenvalue weighted by Crippen LogP contribution is -2.42. The third-order valence-corrected chi connectivity index (χ3v) is 3.09. The first-order valence-corrected chi connectivity index (χ1v) is 5.29. The third-order valence-electron chi connectivity index (χ3n) is 3.09. The van der Waals surface area contributed by atoms with E-state index in [1.54, 1.807) is 0 Å². The molecule has 0 aromatic heterocycles. The van der Waals surface area contributed by atoms with E-state index < -0.39 is 0 Å². The molecule has 3 nitrogen and oxygen atoms in total. The molecule has 0 bridgehead atoms. The van der Waals surface area contributed by atoms with E-state index in [1.807, 2.05) is 4.90 Å². The summed E-state index contributed by atoms with van der Waals surface area (Å²) in [7, 11) is 0. The minimum atomic E-state index is 0.130. The number of amides is 1. The number of carbonyl (C=O) groups excluding carboxylic acids is 1. The van der Waals surface area contributed by atoms with Crippen LogP contribution in [0.1, 0.15) is 26.2 Å². The van der Waals surface area contributed by atoms with Gasteiger partial charge in [0.05, 0.1) is 6.04 Å². The molecule has 0 spiro atoms. The van der Waals surface area contributed by atoms with Gasteiger partial charge < -0.3 is 10.2 Å². The Kier molecular flexibility index (Phi) is 2.54. The number of rotatable bonds is 1. The molecular formula is C10H18N2O.